The van der Waals surface area contributed by atoms with Gasteiger partial charge in [0.2, 0.25) is 10.0 Å². The first kappa shape index (κ1) is 15.9. The van der Waals surface area contributed by atoms with Gasteiger partial charge in [-0.05, 0) is 24.7 Å². The van der Waals surface area contributed by atoms with E-state index in [1.807, 2.05) is 0 Å². The number of rotatable bonds is 8. The minimum Gasteiger partial charge on any atom is -0.396 e. The Kier molecular flexibility index (Phi) is 4.60. The van der Waals surface area contributed by atoms with Crippen molar-refractivity contribution in [3.63, 3.8) is 0 Å². The average Bonchev–Trinajstić information content (AvgIpc) is 3.17. The minimum absolute atomic E-state index is 0.0336. The Bertz CT molecular complexity index is 625. The second-order valence-electron chi connectivity index (χ2n) is 5.44. The standard InChI is InChI=1S/C13H18N2O5S/c16-8-7-13(5-6-13)10-14-21(19,20)9-11-3-1-2-4-12(11)15(17)18/h1-4,14,16H,5-10H2. The Morgan fingerprint density at radius 3 is 2.57 bits per heavy atom. The van der Waals surface area contributed by atoms with Gasteiger partial charge in [0.05, 0.1) is 10.7 Å². The van der Waals surface area contributed by atoms with Crippen LogP contribution in [0.1, 0.15) is 24.8 Å². The zero-order chi connectivity index (χ0) is 15.5. The Hall–Kier alpha value is -1.51. The molecule has 0 spiro atoms. The summed E-state index contributed by atoms with van der Waals surface area (Å²) in [5, 5.41) is 19.8. The molecular weight excluding hydrogens is 296 g/mol. The molecule has 1 saturated carbocycles. The van der Waals surface area contributed by atoms with Crippen molar-refractivity contribution in [1.82, 2.24) is 4.72 Å². The molecule has 0 saturated heterocycles. The molecule has 0 heterocycles. The third kappa shape index (κ3) is 4.23. The van der Waals surface area contributed by atoms with Crippen LogP contribution in [-0.4, -0.2) is 31.6 Å². The second kappa shape index (κ2) is 6.08. The van der Waals surface area contributed by atoms with E-state index in [2.05, 4.69) is 4.72 Å². The van der Waals surface area contributed by atoms with Crippen molar-refractivity contribution >= 4 is 15.7 Å². The molecule has 0 aliphatic heterocycles. The van der Waals surface area contributed by atoms with Gasteiger partial charge in [-0.2, -0.15) is 0 Å². The maximum absolute atomic E-state index is 12.1. The van der Waals surface area contributed by atoms with Gasteiger partial charge in [-0.15, -0.1) is 0 Å². The SMILES string of the molecule is O=[N+]([O-])c1ccccc1CS(=O)(=O)NCC1(CCO)CC1. The summed E-state index contributed by atoms with van der Waals surface area (Å²) in [6, 6.07) is 5.81. The molecule has 1 aromatic carbocycles. The lowest BCUT2D eigenvalue weighted by Crippen LogP contribution is -2.31. The molecule has 1 fully saturated rings. The summed E-state index contributed by atoms with van der Waals surface area (Å²) >= 11 is 0. The molecular formula is C13H18N2O5S. The first-order valence-corrected chi connectivity index (χ1v) is 8.33. The van der Waals surface area contributed by atoms with Crippen LogP contribution in [0.15, 0.2) is 24.3 Å². The number of nitro benzene ring substituents is 1. The van der Waals surface area contributed by atoms with Gasteiger partial charge in [-0.1, -0.05) is 18.2 Å². The van der Waals surface area contributed by atoms with Gasteiger partial charge in [0.15, 0.2) is 0 Å². The van der Waals surface area contributed by atoms with Gasteiger partial charge in [0.1, 0.15) is 0 Å². The van der Waals surface area contributed by atoms with Crippen LogP contribution in [0.25, 0.3) is 0 Å². The predicted octanol–water partition coefficient (Wildman–Crippen LogP) is 1.18. The first-order chi connectivity index (χ1) is 9.87. The number of sulfonamides is 1. The first-order valence-electron chi connectivity index (χ1n) is 6.68. The summed E-state index contributed by atoms with van der Waals surface area (Å²) in [7, 11) is -3.64. The number of benzene rings is 1. The highest BCUT2D eigenvalue weighted by Gasteiger charge is 2.42. The van der Waals surface area contributed by atoms with Crippen LogP contribution in [0.2, 0.25) is 0 Å². The molecule has 8 heteroatoms. The summed E-state index contributed by atoms with van der Waals surface area (Å²) in [5.41, 5.74) is -0.161. The summed E-state index contributed by atoms with van der Waals surface area (Å²) in [6.07, 6.45) is 2.35. The largest absolute Gasteiger partial charge is 0.396 e. The highest BCUT2D eigenvalue weighted by molar-refractivity contribution is 7.88. The highest BCUT2D eigenvalue weighted by atomic mass is 32.2. The molecule has 0 aromatic heterocycles. The molecule has 0 bridgehead atoms. The van der Waals surface area contributed by atoms with Gasteiger partial charge in [0.25, 0.3) is 5.69 Å². The van der Waals surface area contributed by atoms with Crippen LogP contribution in [0.5, 0.6) is 0 Å². The molecule has 7 nitrogen and oxygen atoms in total. The number of aliphatic hydroxyl groups is 1. The lowest BCUT2D eigenvalue weighted by molar-refractivity contribution is -0.385. The Morgan fingerprint density at radius 1 is 1.33 bits per heavy atom. The van der Waals surface area contributed by atoms with Gasteiger partial charge >= 0.3 is 0 Å². The van der Waals surface area contributed by atoms with Gasteiger partial charge in [0, 0.05) is 24.8 Å². The Labute approximate surface area is 123 Å². The molecule has 0 atom stereocenters. The smallest absolute Gasteiger partial charge is 0.273 e. The molecule has 2 N–H and O–H groups in total. The van der Waals surface area contributed by atoms with Crippen LogP contribution < -0.4 is 4.72 Å². The van der Waals surface area contributed by atoms with E-state index in [1.165, 1.54) is 18.2 Å². The molecule has 0 radical (unpaired) electrons. The fraction of sp³-hybridized carbons (Fsp3) is 0.538. The lowest BCUT2D eigenvalue weighted by atomic mass is 10.0. The van der Waals surface area contributed by atoms with Crippen molar-refractivity contribution in [2.24, 2.45) is 5.41 Å². The van der Waals surface area contributed by atoms with Crippen molar-refractivity contribution in [2.45, 2.75) is 25.0 Å². The van der Waals surface area contributed by atoms with Gasteiger partial charge in [-0.25, -0.2) is 13.1 Å². The van der Waals surface area contributed by atoms with Gasteiger partial charge < -0.3 is 5.11 Å². The lowest BCUT2D eigenvalue weighted by Gasteiger charge is -2.14. The third-order valence-electron chi connectivity index (χ3n) is 3.80. The number of para-hydroxylation sites is 1. The Morgan fingerprint density at radius 2 is 2.00 bits per heavy atom. The van der Waals surface area contributed by atoms with Crippen molar-refractivity contribution in [3.8, 4) is 0 Å². The highest BCUT2D eigenvalue weighted by Crippen LogP contribution is 2.48. The molecule has 21 heavy (non-hydrogen) atoms. The quantitative estimate of drug-likeness (QED) is 0.553. The molecule has 0 amide bonds. The van der Waals surface area contributed by atoms with E-state index in [4.69, 9.17) is 5.11 Å². The number of nitrogens with one attached hydrogen (secondary N) is 1. The zero-order valence-electron chi connectivity index (χ0n) is 11.5. The molecule has 1 aliphatic rings. The summed E-state index contributed by atoms with van der Waals surface area (Å²) < 4.78 is 26.6. The Balaban J connectivity index is 2.03. The molecule has 1 aliphatic carbocycles. The van der Waals surface area contributed by atoms with Crippen molar-refractivity contribution < 1.29 is 18.4 Å². The number of hydrogen-bond acceptors (Lipinski definition) is 5. The third-order valence-corrected chi connectivity index (χ3v) is 5.08. The van der Waals surface area contributed by atoms with Crippen LogP contribution in [-0.2, 0) is 15.8 Å². The van der Waals surface area contributed by atoms with E-state index >= 15 is 0 Å². The van der Waals surface area contributed by atoms with E-state index in [9.17, 15) is 18.5 Å². The molecule has 1 aromatic rings. The fourth-order valence-electron chi connectivity index (χ4n) is 2.26. The number of hydrogen-bond donors (Lipinski definition) is 2. The minimum atomic E-state index is -3.64. The van der Waals surface area contributed by atoms with Crippen LogP contribution >= 0.6 is 0 Å². The molecule has 116 valence electrons. The van der Waals surface area contributed by atoms with Crippen molar-refractivity contribution in [2.75, 3.05) is 13.2 Å². The van der Waals surface area contributed by atoms with Gasteiger partial charge in [-0.3, -0.25) is 10.1 Å². The maximum atomic E-state index is 12.1. The maximum Gasteiger partial charge on any atom is 0.273 e. The monoisotopic (exact) mass is 314 g/mol. The fourth-order valence-corrected chi connectivity index (χ4v) is 3.54. The number of nitro groups is 1. The van der Waals surface area contributed by atoms with E-state index in [0.717, 1.165) is 12.8 Å². The summed E-state index contributed by atoms with van der Waals surface area (Å²) in [6.45, 7) is 0.308. The van der Waals surface area contributed by atoms with E-state index < -0.39 is 20.7 Å². The summed E-state index contributed by atoms with van der Waals surface area (Å²) in [5.74, 6) is -0.417. The van der Waals surface area contributed by atoms with Crippen LogP contribution in [0, 0.1) is 15.5 Å². The molecule has 2 rings (SSSR count). The van der Waals surface area contributed by atoms with Crippen molar-refractivity contribution in [1.29, 1.82) is 0 Å². The van der Waals surface area contributed by atoms with Crippen LogP contribution in [0.3, 0.4) is 0 Å². The number of aliphatic hydroxyl groups excluding tert-OH is 1. The zero-order valence-corrected chi connectivity index (χ0v) is 12.3. The van der Waals surface area contributed by atoms with Crippen LogP contribution in [0.4, 0.5) is 5.69 Å². The topological polar surface area (TPSA) is 110 Å². The predicted molar refractivity (Wildman–Crippen MR) is 77.1 cm³/mol. The molecule has 0 unspecified atom stereocenters. The van der Waals surface area contributed by atoms with E-state index in [-0.39, 0.29) is 29.8 Å². The number of nitrogens with zero attached hydrogens (tertiary/aromatic N) is 1. The van der Waals surface area contributed by atoms with E-state index in [0.29, 0.717) is 6.42 Å². The average molecular weight is 314 g/mol. The second-order valence-corrected chi connectivity index (χ2v) is 7.25. The normalized spacial score (nSPS) is 16.6. The van der Waals surface area contributed by atoms with E-state index in [1.54, 1.807) is 6.07 Å². The van der Waals surface area contributed by atoms with Crippen molar-refractivity contribution in [3.05, 3.63) is 39.9 Å². The summed E-state index contributed by atoms with van der Waals surface area (Å²) in [4.78, 5) is 10.3.